The van der Waals surface area contributed by atoms with Crippen LogP contribution in [0.3, 0.4) is 0 Å². The van der Waals surface area contributed by atoms with Crippen molar-refractivity contribution in [2.45, 2.75) is 53.4 Å². The van der Waals surface area contributed by atoms with Crippen molar-refractivity contribution < 1.29 is 47.7 Å². The first kappa shape index (κ1) is 43.8. The molecule has 0 N–H and O–H groups in total. The Labute approximate surface area is 339 Å². The average Bonchev–Trinajstić information content (AvgIpc) is 3.20. The molecule has 4 aromatic carbocycles. The summed E-state index contributed by atoms with van der Waals surface area (Å²) in [5, 5.41) is 25.0. The molecule has 0 saturated carbocycles. The maximum absolute atomic E-state index is 12.5. The Morgan fingerprint density at radius 3 is 0.879 bits per heavy atom. The van der Waals surface area contributed by atoms with E-state index in [-0.39, 0.29) is 63.5 Å². The first-order valence-electron chi connectivity index (χ1n) is 19.9. The number of benzene rings is 4. The number of fused-ring (bicyclic) bond motifs is 8. The minimum atomic E-state index is -0.395. The van der Waals surface area contributed by atoms with Crippen LogP contribution >= 0.6 is 0 Å². The maximum atomic E-state index is 12.5. The molecule has 5 rings (SSSR count). The lowest BCUT2D eigenvalue weighted by Gasteiger charge is -2.23. The number of nitrogens with zero attached hydrogens (tertiary/aromatic N) is 2. The molecule has 0 amide bonds. The van der Waals surface area contributed by atoms with Crippen LogP contribution in [0.4, 0.5) is 11.4 Å². The van der Waals surface area contributed by atoms with Gasteiger partial charge in [0.1, 0.15) is 49.4 Å². The lowest BCUT2D eigenvalue weighted by atomic mass is 9.90. The Balaban J connectivity index is 1.80. The van der Waals surface area contributed by atoms with E-state index in [0.717, 1.165) is 22.3 Å². The van der Waals surface area contributed by atoms with Gasteiger partial charge in [0.25, 0.3) is 11.4 Å². The molecule has 0 unspecified atom stereocenters. The van der Waals surface area contributed by atoms with E-state index in [0.29, 0.717) is 98.1 Å². The van der Waals surface area contributed by atoms with E-state index in [9.17, 15) is 20.2 Å². The van der Waals surface area contributed by atoms with Gasteiger partial charge in [0.15, 0.2) is 0 Å². The maximum Gasteiger partial charge on any atom is 0.270 e. The third-order valence-corrected chi connectivity index (χ3v) is 9.47. The topological polar surface area (TPSA) is 160 Å². The molecule has 312 valence electrons. The minimum absolute atomic E-state index is 0.0793. The minimum Gasteiger partial charge on any atom is -0.491 e. The number of rotatable bonds is 22. The highest BCUT2D eigenvalue weighted by molar-refractivity contribution is 5.60. The van der Waals surface area contributed by atoms with Crippen molar-refractivity contribution in [2.75, 3.05) is 79.3 Å². The molecule has 0 heterocycles. The predicted molar refractivity (Wildman–Crippen MR) is 218 cm³/mol. The molecule has 4 aromatic rings. The third kappa shape index (κ3) is 11.9. The summed E-state index contributed by atoms with van der Waals surface area (Å²) < 4.78 is 48.4. The van der Waals surface area contributed by atoms with Crippen molar-refractivity contribution >= 4 is 11.4 Å². The molecule has 0 saturated heterocycles. The second-order valence-corrected chi connectivity index (χ2v) is 13.4. The predicted octanol–water partition coefficient (Wildman–Crippen LogP) is 7.84. The molecule has 0 radical (unpaired) electrons. The zero-order valence-corrected chi connectivity index (χ0v) is 33.9. The summed E-state index contributed by atoms with van der Waals surface area (Å²) in [5.41, 5.74) is 5.18. The molecule has 0 aromatic heterocycles. The van der Waals surface area contributed by atoms with Gasteiger partial charge in [0.2, 0.25) is 0 Å². The van der Waals surface area contributed by atoms with Crippen molar-refractivity contribution in [3.63, 3.8) is 0 Å². The van der Waals surface area contributed by atoms with Crippen molar-refractivity contribution in [3.8, 4) is 23.0 Å². The zero-order chi connectivity index (χ0) is 41.3. The molecular formula is C44H54N2O12. The van der Waals surface area contributed by atoms with Crippen LogP contribution in [0.2, 0.25) is 0 Å². The molecule has 8 bridgehead atoms. The summed E-state index contributed by atoms with van der Waals surface area (Å²) in [4.78, 5) is 24.2. The molecule has 14 heteroatoms. The summed E-state index contributed by atoms with van der Waals surface area (Å²) in [6, 6.07) is 17.6. The van der Waals surface area contributed by atoms with Gasteiger partial charge in [-0.1, -0.05) is 36.4 Å². The van der Waals surface area contributed by atoms with Crippen molar-refractivity contribution in [2.24, 2.45) is 0 Å². The number of nitro benzene ring substituents is 2. The van der Waals surface area contributed by atoms with Crippen LogP contribution in [0, 0.1) is 20.2 Å². The number of para-hydroxylation sites is 2. The van der Waals surface area contributed by atoms with Gasteiger partial charge in [-0.05, 0) is 49.9 Å². The van der Waals surface area contributed by atoms with E-state index < -0.39 is 9.85 Å². The lowest BCUT2D eigenvalue weighted by molar-refractivity contribution is -0.385. The number of ether oxygens (including phenoxy) is 8. The van der Waals surface area contributed by atoms with E-state index in [1.165, 1.54) is 0 Å². The standard InChI is InChI=1S/C44H54N2O12/c1-5-51-15-19-55-41-31-11-9-12-32(41)24-36-28-40(46(49)50)30-38(44(36)58-22-18-54-8-4)26-34-14-10-13-33(42(34)56-20-16-52-6-2)25-37-29-39(45(47)48)27-35(23-31)43(37)57-21-17-53-7-3/h9-14,27-30H,5-8,15-26H2,1-4H3. The molecule has 1 aliphatic rings. The molecule has 0 atom stereocenters. The van der Waals surface area contributed by atoms with Crippen LogP contribution in [0.5, 0.6) is 23.0 Å². The van der Waals surface area contributed by atoms with Crippen molar-refractivity contribution in [1.29, 1.82) is 0 Å². The van der Waals surface area contributed by atoms with Gasteiger partial charge in [-0.2, -0.15) is 0 Å². The van der Waals surface area contributed by atoms with Gasteiger partial charge in [-0.3, -0.25) is 20.2 Å². The van der Waals surface area contributed by atoms with Crippen LogP contribution in [0.25, 0.3) is 0 Å². The summed E-state index contributed by atoms with van der Waals surface area (Å²) in [7, 11) is 0. The fourth-order valence-corrected chi connectivity index (χ4v) is 6.99. The van der Waals surface area contributed by atoms with Gasteiger partial charge < -0.3 is 37.9 Å². The fourth-order valence-electron chi connectivity index (χ4n) is 6.99. The number of hydrogen-bond acceptors (Lipinski definition) is 12. The summed E-state index contributed by atoms with van der Waals surface area (Å²) in [6.07, 6.45) is 0.858. The molecular weight excluding hydrogens is 748 g/mol. The second-order valence-electron chi connectivity index (χ2n) is 13.4. The molecule has 1 aliphatic carbocycles. The largest absolute Gasteiger partial charge is 0.491 e. The normalized spacial score (nSPS) is 12.2. The molecule has 58 heavy (non-hydrogen) atoms. The van der Waals surface area contributed by atoms with Crippen LogP contribution in [-0.4, -0.2) is 89.1 Å². The van der Waals surface area contributed by atoms with E-state index in [1.807, 2.05) is 64.1 Å². The van der Waals surface area contributed by atoms with E-state index >= 15 is 0 Å². The van der Waals surface area contributed by atoms with E-state index in [2.05, 4.69) is 0 Å². The van der Waals surface area contributed by atoms with Gasteiger partial charge in [0, 0.05) is 98.6 Å². The van der Waals surface area contributed by atoms with Crippen LogP contribution in [0.1, 0.15) is 72.2 Å². The first-order valence-corrected chi connectivity index (χ1v) is 19.9. The fraction of sp³-hybridized carbons (Fsp3) is 0.455. The molecule has 0 fully saturated rings. The highest BCUT2D eigenvalue weighted by Crippen LogP contribution is 2.41. The first-order chi connectivity index (χ1) is 28.3. The second kappa shape index (κ2) is 22.6. The Kier molecular flexibility index (Phi) is 17.1. The van der Waals surface area contributed by atoms with E-state index in [4.69, 9.17) is 37.9 Å². The quantitative estimate of drug-likeness (QED) is 0.0380. The number of non-ortho nitro benzene ring substituents is 2. The van der Waals surface area contributed by atoms with Gasteiger partial charge >= 0.3 is 0 Å². The molecule has 0 spiro atoms. The molecule has 14 nitrogen and oxygen atoms in total. The van der Waals surface area contributed by atoms with E-state index in [1.54, 1.807) is 24.3 Å². The van der Waals surface area contributed by atoms with Crippen LogP contribution < -0.4 is 18.9 Å². The summed E-state index contributed by atoms with van der Waals surface area (Å²) in [5.74, 6) is 2.12. The van der Waals surface area contributed by atoms with Gasteiger partial charge in [0.05, 0.1) is 36.3 Å². The van der Waals surface area contributed by atoms with Gasteiger partial charge in [-0.15, -0.1) is 0 Å². The summed E-state index contributed by atoms with van der Waals surface area (Å²) >= 11 is 0. The van der Waals surface area contributed by atoms with Crippen LogP contribution in [-0.2, 0) is 44.6 Å². The summed E-state index contributed by atoms with van der Waals surface area (Å²) in [6.45, 7) is 11.9. The Hall–Kier alpha value is -5.28. The zero-order valence-electron chi connectivity index (χ0n) is 33.9. The smallest absolute Gasteiger partial charge is 0.270 e. The highest BCUT2D eigenvalue weighted by atomic mass is 16.6. The number of hydrogen-bond donors (Lipinski definition) is 0. The molecule has 0 aliphatic heterocycles. The van der Waals surface area contributed by atoms with Crippen LogP contribution in [0.15, 0.2) is 60.7 Å². The third-order valence-electron chi connectivity index (χ3n) is 9.47. The SMILES string of the molecule is CCOCCOc1c2cccc1Cc1cc([N+](=O)[O-])cc(c1OCCOCC)Cc1cccc(c1OCCOCC)Cc1cc([N+](=O)[O-])cc(c1OCCOCC)C2. The highest BCUT2D eigenvalue weighted by Gasteiger charge is 2.26. The monoisotopic (exact) mass is 802 g/mol. The average molecular weight is 803 g/mol. The number of nitro groups is 2. The Bertz CT molecular complexity index is 1750. The Morgan fingerprint density at radius 1 is 0.414 bits per heavy atom. The lowest BCUT2D eigenvalue weighted by Crippen LogP contribution is -2.14. The van der Waals surface area contributed by atoms with Crippen molar-refractivity contribution in [3.05, 3.63) is 125 Å². The van der Waals surface area contributed by atoms with Gasteiger partial charge in [-0.25, -0.2) is 0 Å². The van der Waals surface area contributed by atoms with Crippen molar-refractivity contribution in [1.82, 2.24) is 0 Å². The Morgan fingerprint density at radius 2 is 0.655 bits per heavy atom.